The maximum Gasteiger partial charge on any atom is 0.157 e. The molecule has 0 bridgehead atoms. The molecule has 68 valence electrons. The predicted molar refractivity (Wildman–Crippen MR) is 45.7 cm³/mol. The van der Waals surface area contributed by atoms with Crippen LogP contribution in [0.5, 0.6) is 0 Å². The molecule has 4 nitrogen and oxygen atoms in total. The first-order valence-corrected chi connectivity index (χ1v) is 4.21. The van der Waals surface area contributed by atoms with Gasteiger partial charge < -0.3 is 9.84 Å². The molecule has 1 aliphatic carbocycles. The zero-order valence-electron chi connectivity index (χ0n) is 7.12. The Bertz CT molecular complexity index is 327. The van der Waals surface area contributed by atoms with E-state index in [4.69, 9.17) is 0 Å². The van der Waals surface area contributed by atoms with Crippen LogP contribution in [0.1, 0.15) is 18.5 Å². The Morgan fingerprint density at radius 3 is 3.08 bits per heavy atom. The fraction of sp³-hybridized carbons (Fsp3) is 0.333. The van der Waals surface area contributed by atoms with Gasteiger partial charge in [-0.25, -0.2) is 0 Å². The number of aromatic nitrogens is 1. The number of hydrogen-bond donors (Lipinski definition) is 1. The van der Waals surface area contributed by atoms with Gasteiger partial charge in [-0.05, 0) is 6.42 Å². The van der Waals surface area contributed by atoms with Crippen LogP contribution in [0.15, 0.2) is 28.6 Å². The maximum atomic E-state index is 10.9. The fourth-order valence-electron chi connectivity index (χ4n) is 1.27. The Balaban J connectivity index is 1.87. The van der Waals surface area contributed by atoms with Crippen LogP contribution in [0.4, 0.5) is 0 Å². The van der Waals surface area contributed by atoms with Crippen molar-refractivity contribution in [2.75, 3.05) is 0 Å². The summed E-state index contributed by atoms with van der Waals surface area (Å²) in [5.41, 5.74) is 1.84. The molecule has 0 aliphatic heterocycles. The summed E-state index contributed by atoms with van der Waals surface area (Å²) in [6.07, 6.45) is 4.63. The molecule has 1 heterocycles. The molecule has 0 aromatic carbocycles. The summed E-state index contributed by atoms with van der Waals surface area (Å²) in [7, 11) is 0. The van der Waals surface area contributed by atoms with Gasteiger partial charge in [0.2, 0.25) is 0 Å². The van der Waals surface area contributed by atoms with Gasteiger partial charge in [0.1, 0.15) is 12.0 Å². The van der Waals surface area contributed by atoms with Crippen molar-refractivity contribution in [2.45, 2.75) is 19.4 Å². The average molecular weight is 178 g/mol. The van der Waals surface area contributed by atoms with E-state index in [1.54, 1.807) is 12.1 Å². The Labute approximate surface area is 75.6 Å². The number of rotatable bonds is 3. The lowest BCUT2D eigenvalue weighted by Gasteiger charge is -2.02. The lowest BCUT2D eigenvalue weighted by molar-refractivity contribution is -0.114. The molecule has 1 aliphatic rings. The van der Waals surface area contributed by atoms with E-state index in [0.717, 1.165) is 17.8 Å². The molecule has 1 N–H and O–H groups in total. The maximum absolute atomic E-state index is 10.9. The average Bonchev–Trinajstić information content (AvgIpc) is 2.71. The minimum absolute atomic E-state index is 0.197. The molecule has 0 radical (unpaired) electrons. The van der Waals surface area contributed by atoms with Crippen LogP contribution in [0.2, 0.25) is 0 Å². The van der Waals surface area contributed by atoms with Crippen molar-refractivity contribution in [3.05, 3.63) is 29.8 Å². The molecule has 4 heteroatoms. The van der Waals surface area contributed by atoms with Gasteiger partial charge in [0.15, 0.2) is 5.78 Å². The van der Waals surface area contributed by atoms with Gasteiger partial charge in [0.25, 0.3) is 0 Å². The van der Waals surface area contributed by atoms with Crippen LogP contribution in [0.25, 0.3) is 0 Å². The topological polar surface area (TPSA) is 55.1 Å². The zero-order valence-corrected chi connectivity index (χ0v) is 7.12. The zero-order chi connectivity index (χ0) is 9.10. The van der Waals surface area contributed by atoms with E-state index in [1.165, 1.54) is 6.26 Å². The third-order valence-corrected chi connectivity index (χ3v) is 1.96. The highest BCUT2D eigenvalue weighted by Crippen LogP contribution is 2.12. The molecule has 0 saturated heterocycles. The fourth-order valence-corrected chi connectivity index (χ4v) is 1.27. The Kier molecular flexibility index (Phi) is 2.12. The van der Waals surface area contributed by atoms with Gasteiger partial charge in [-0.15, -0.1) is 0 Å². The van der Waals surface area contributed by atoms with Crippen molar-refractivity contribution < 1.29 is 9.32 Å². The van der Waals surface area contributed by atoms with Crippen LogP contribution < -0.4 is 5.32 Å². The number of hydrogen-bond acceptors (Lipinski definition) is 4. The van der Waals surface area contributed by atoms with Crippen molar-refractivity contribution in [3.8, 4) is 0 Å². The van der Waals surface area contributed by atoms with Crippen LogP contribution in [0.3, 0.4) is 0 Å². The number of ketones is 1. The largest absolute Gasteiger partial charge is 0.382 e. The number of nitrogens with one attached hydrogen (secondary N) is 1. The first-order chi connectivity index (χ1) is 6.34. The van der Waals surface area contributed by atoms with Gasteiger partial charge in [0, 0.05) is 24.3 Å². The van der Waals surface area contributed by atoms with Crippen molar-refractivity contribution in [2.24, 2.45) is 0 Å². The minimum atomic E-state index is 0.197. The quantitative estimate of drug-likeness (QED) is 0.750. The minimum Gasteiger partial charge on any atom is -0.382 e. The molecule has 2 rings (SSSR count). The monoisotopic (exact) mass is 178 g/mol. The molecule has 13 heavy (non-hydrogen) atoms. The molecule has 0 amide bonds. The summed E-state index contributed by atoms with van der Waals surface area (Å²) in [6.45, 7) is 0.621. The second-order valence-corrected chi connectivity index (χ2v) is 2.98. The van der Waals surface area contributed by atoms with E-state index < -0.39 is 0 Å². The first-order valence-electron chi connectivity index (χ1n) is 4.21. The highest BCUT2D eigenvalue weighted by molar-refractivity contribution is 5.92. The molecule has 1 aromatic heterocycles. The van der Waals surface area contributed by atoms with E-state index in [2.05, 4.69) is 15.0 Å². The van der Waals surface area contributed by atoms with Gasteiger partial charge in [0.05, 0.1) is 6.54 Å². The molecule has 0 saturated carbocycles. The van der Waals surface area contributed by atoms with Crippen molar-refractivity contribution >= 4 is 5.78 Å². The molecule has 1 aromatic rings. The van der Waals surface area contributed by atoms with Gasteiger partial charge >= 0.3 is 0 Å². The van der Waals surface area contributed by atoms with Gasteiger partial charge in [-0.3, -0.25) is 4.79 Å². The molecule has 0 fully saturated rings. The molecule has 0 unspecified atom stereocenters. The van der Waals surface area contributed by atoms with E-state index in [0.29, 0.717) is 13.0 Å². The molecular weight excluding hydrogens is 168 g/mol. The van der Waals surface area contributed by atoms with Gasteiger partial charge in [-0.1, -0.05) is 5.16 Å². The standard InChI is InChI=1S/C9H10N2O2/c12-9-2-1-7(5-9)10-6-8-3-4-13-11-8/h3-5,10H,1-2,6H2. The van der Waals surface area contributed by atoms with E-state index >= 15 is 0 Å². The van der Waals surface area contributed by atoms with Crippen LogP contribution in [-0.4, -0.2) is 10.9 Å². The SMILES string of the molecule is O=C1C=C(NCc2ccon2)CC1. The van der Waals surface area contributed by atoms with Gasteiger partial charge in [-0.2, -0.15) is 0 Å². The Morgan fingerprint density at radius 1 is 1.54 bits per heavy atom. The predicted octanol–water partition coefficient (Wildman–Crippen LogP) is 1.01. The van der Waals surface area contributed by atoms with Crippen molar-refractivity contribution in [1.29, 1.82) is 0 Å². The van der Waals surface area contributed by atoms with E-state index in [9.17, 15) is 4.79 Å². The van der Waals surface area contributed by atoms with Crippen LogP contribution >= 0.6 is 0 Å². The number of allylic oxidation sites excluding steroid dienone is 2. The summed E-state index contributed by atoms with van der Waals surface area (Å²) in [6, 6.07) is 1.80. The summed E-state index contributed by atoms with van der Waals surface area (Å²) in [4.78, 5) is 10.9. The number of nitrogens with zero attached hydrogens (tertiary/aromatic N) is 1. The summed E-state index contributed by atoms with van der Waals surface area (Å²) in [5.74, 6) is 0.197. The highest BCUT2D eigenvalue weighted by atomic mass is 16.5. The Hall–Kier alpha value is -1.58. The van der Waals surface area contributed by atoms with E-state index in [1.807, 2.05) is 0 Å². The summed E-state index contributed by atoms with van der Waals surface area (Å²) >= 11 is 0. The third-order valence-electron chi connectivity index (χ3n) is 1.96. The number of carbonyl (C=O) groups is 1. The van der Waals surface area contributed by atoms with E-state index in [-0.39, 0.29) is 5.78 Å². The van der Waals surface area contributed by atoms with Crippen molar-refractivity contribution in [1.82, 2.24) is 10.5 Å². The normalized spacial score (nSPS) is 16.0. The van der Waals surface area contributed by atoms with Crippen LogP contribution in [0, 0.1) is 0 Å². The second-order valence-electron chi connectivity index (χ2n) is 2.98. The van der Waals surface area contributed by atoms with Crippen molar-refractivity contribution in [3.63, 3.8) is 0 Å². The lowest BCUT2D eigenvalue weighted by atomic mass is 10.3. The summed E-state index contributed by atoms with van der Waals surface area (Å²) < 4.78 is 4.67. The van der Waals surface area contributed by atoms with Crippen LogP contribution in [-0.2, 0) is 11.3 Å². The Morgan fingerprint density at radius 2 is 2.46 bits per heavy atom. The highest BCUT2D eigenvalue weighted by Gasteiger charge is 2.11. The first kappa shape index (κ1) is 8.04. The molecular formula is C9H10N2O2. The number of carbonyl (C=O) groups excluding carboxylic acids is 1. The third kappa shape index (κ3) is 1.96. The smallest absolute Gasteiger partial charge is 0.157 e. The molecule has 0 spiro atoms. The summed E-state index contributed by atoms with van der Waals surface area (Å²) in [5, 5.41) is 6.88. The lowest BCUT2D eigenvalue weighted by Crippen LogP contribution is -2.11. The molecule has 0 atom stereocenters. The second kappa shape index (κ2) is 3.43.